The third-order valence-electron chi connectivity index (χ3n) is 4.09. The number of benzene rings is 1. The van der Waals surface area contributed by atoms with Crippen LogP contribution < -0.4 is 5.32 Å². The number of ether oxygens (including phenoxy) is 1. The van der Waals surface area contributed by atoms with E-state index >= 15 is 0 Å². The summed E-state index contributed by atoms with van der Waals surface area (Å²) in [6, 6.07) is 9.04. The van der Waals surface area contributed by atoms with Crippen LogP contribution in [-0.4, -0.2) is 11.9 Å². The zero-order valence-corrected chi connectivity index (χ0v) is 14.7. The number of hydrogen-bond acceptors (Lipinski definition) is 5. The molecule has 2 aromatic rings. The highest BCUT2D eigenvalue weighted by atomic mass is 32.1. The molecule has 0 atom stereocenters. The average Bonchev–Trinajstić information content (AvgIpc) is 2.97. The zero-order chi connectivity index (χ0) is 17.8. The molecule has 5 nitrogen and oxygen atoms in total. The quantitative estimate of drug-likeness (QED) is 0.847. The number of fused-ring (bicyclic) bond motifs is 1. The van der Waals surface area contributed by atoms with Gasteiger partial charge in [-0.05, 0) is 48.9 Å². The maximum Gasteiger partial charge on any atom is 0.341 e. The van der Waals surface area contributed by atoms with Gasteiger partial charge in [-0.15, -0.1) is 11.3 Å². The maximum atomic E-state index is 12.7. The number of esters is 1. The van der Waals surface area contributed by atoms with Gasteiger partial charge in [0.05, 0.1) is 17.2 Å². The number of amides is 1. The Bertz CT molecular complexity index is 864. The van der Waals surface area contributed by atoms with E-state index in [9.17, 15) is 9.59 Å². The van der Waals surface area contributed by atoms with E-state index in [0.29, 0.717) is 16.1 Å². The van der Waals surface area contributed by atoms with Crippen LogP contribution in [0.5, 0.6) is 0 Å². The van der Waals surface area contributed by atoms with E-state index in [1.54, 1.807) is 18.2 Å². The molecule has 25 heavy (non-hydrogen) atoms. The monoisotopic (exact) mass is 354 g/mol. The number of rotatable bonds is 4. The summed E-state index contributed by atoms with van der Waals surface area (Å²) < 4.78 is 5.47. The van der Waals surface area contributed by atoms with Crippen molar-refractivity contribution in [2.45, 2.75) is 39.2 Å². The molecule has 1 aromatic heterocycles. The lowest BCUT2D eigenvalue weighted by atomic mass is 9.95. The normalized spacial score (nSPS) is 12.8. The molecule has 1 N–H and O–H groups in total. The van der Waals surface area contributed by atoms with Gasteiger partial charge >= 0.3 is 5.97 Å². The molecular formula is C19H18N2O3S. The first-order valence-electron chi connectivity index (χ1n) is 8.16. The minimum Gasteiger partial charge on any atom is -0.457 e. The molecule has 0 unspecified atom stereocenters. The first kappa shape index (κ1) is 17.2. The molecule has 0 fully saturated rings. The molecule has 0 bridgehead atoms. The minimum absolute atomic E-state index is 0.0957. The standard InChI is InChI=1S/C19H18N2O3S/c1-12(22)21-18-17(15-7-2-3-8-16(15)25-18)19(23)24-11-14-6-4-5-13(9-14)10-20/h4-6,9H,2-3,7-8,11H2,1H3,(H,21,22). The maximum absolute atomic E-state index is 12.7. The van der Waals surface area contributed by atoms with Crippen LogP contribution in [-0.2, 0) is 29.0 Å². The van der Waals surface area contributed by atoms with Crippen molar-refractivity contribution in [3.8, 4) is 6.07 Å². The lowest BCUT2D eigenvalue weighted by Gasteiger charge is -2.13. The topological polar surface area (TPSA) is 79.2 Å². The Kier molecular flexibility index (Phi) is 5.15. The first-order valence-corrected chi connectivity index (χ1v) is 8.98. The number of carbonyl (C=O) groups excluding carboxylic acids is 2. The number of nitrogens with one attached hydrogen (secondary N) is 1. The molecular weight excluding hydrogens is 336 g/mol. The van der Waals surface area contributed by atoms with Crippen LogP contribution in [0.15, 0.2) is 24.3 Å². The smallest absolute Gasteiger partial charge is 0.341 e. The number of carbonyl (C=O) groups is 2. The van der Waals surface area contributed by atoms with Crippen molar-refractivity contribution in [1.29, 1.82) is 5.26 Å². The molecule has 6 heteroatoms. The summed E-state index contributed by atoms with van der Waals surface area (Å²) in [5.74, 6) is -0.625. The molecule has 0 aliphatic heterocycles. The van der Waals surface area contributed by atoms with Crippen molar-refractivity contribution in [3.05, 3.63) is 51.4 Å². The van der Waals surface area contributed by atoms with E-state index in [2.05, 4.69) is 11.4 Å². The molecule has 1 aliphatic rings. The number of aryl methyl sites for hydroxylation is 1. The summed E-state index contributed by atoms with van der Waals surface area (Å²) >= 11 is 1.47. The molecule has 0 spiro atoms. The van der Waals surface area contributed by atoms with Crippen LogP contribution in [0.25, 0.3) is 0 Å². The number of nitriles is 1. The molecule has 0 radical (unpaired) electrons. The first-order chi connectivity index (χ1) is 12.1. The Morgan fingerprint density at radius 3 is 2.88 bits per heavy atom. The number of hydrogen-bond donors (Lipinski definition) is 1. The molecule has 128 valence electrons. The Morgan fingerprint density at radius 2 is 2.12 bits per heavy atom. The van der Waals surface area contributed by atoms with Crippen molar-refractivity contribution < 1.29 is 14.3 Å². The fraction of sp³-hybridized carbons (Fsp3) is 0.316. The third-order valence-corrected chi connectivity index (χ3v) is 5.30. The van der Waals surface area contributed by atoms with Crippen molar-refractivity contribution in [2.24, 2.45) is 0 Å². The van der Waals surface area contributed by atoms with Crippen LogP contribution in [0.4, 0.5) is 5.00 Å². The van der Waals surface area contributed by atoms with Crippen LogP contribution in [0.2, 0.25) is 0 Å². The van der Waals surface area contributed by atoms with Crippen LogP contribution in [0, 0.1) is 11.3 Å². The minimum atomic E-state index is -0.425. The number of anilines is 1. The Hall–Kier alpha value is -2.65. The molecule has 0 saturated carbocycles. The summed E-state index contributed by atoms with van der Waals surface area (Å²) in [4.78, 5) is 25.3. The lowest BCUT2D eigenvalue weighted by Crippen LogP contribution is -2.13. The van der Waals surface area contributed by atoms with Crippen LogP contribution in [0.3, 0.4) is 0 Å². The van der Waals surface area contributed by atoms with Gasteiger partial charge in [-0.25, -0.2) is 4.79 Å². The molecule has 1 aromatic carbocycles. The van der Waals surface area contributed by atoms with Gasteiger partial charge in [0.25, 0.3) is 0 Å². The van der Waals surface area contributed by atoms with Gasteiger partial charge in [0.1, 0.15) is 11.6 Å². The van der Waals surface area contributed by atoms with Crippen molar-refractivity contribution in [2.75, 3.05) is 5.32 Å². The van der Waals surface area contributed by atoms with E-state index in [0.717, 1.165) is 41.7 Å². The van der Waals surface area contributed by atoms with E-state index < -0.39 is 5.97 Å². The van der Waals surface area contributed by atoms with E-state index in [1.807, 2.05) is 6.07 Å². The summed E-state index contributed by atoms with van der Waals surface area (Å²) in [6.45, 7) is 1.53. The molecule has 1 heterocycles. The molecule has 3 rings (SSSR count). The van der Waals surface area contributed by atoms with Gasteiger partial charge in [0.2, 0.25) is 5.91 Å². The summed E-state index contributed by atoms with van der Waals surface area (Å²) in [5, 5.41) is 12.3. The fourth-order valence-electron chi connectivity index (χ4n) is 2.98. The summed E-state index contributed by atoms with van der Waals surface area (Å²) in [6.07, 6.45) is 3.90. The van der Waals surface area contributed by atoms with E-state index in [-0.39, 0.29) is 12.5 Å². The molecule has 1 amide bonds. The van der Waals surface area contributed by atoms with Gasteiger partial charge < -0.3 is 10.1 Å². The largest absolute Gasteiger partial charge is 0.457 e. The average molecular weight is 354 g/mol. The second kappa shape index (κ2) is 7.49. The molecule has 1 aliphatic carbocycles. The SMILES string of the molecule is CC(=O)Nc1sc2c(c1C(=O)OCc1cccc(C#N)c1)CCCC2. The third kappa shape index (κ3) is 3.89. The van der Waals surface area contributed by atoms with Gasteiger partial charge in [-0.1, -0.05) is 12.1 Å². The van der Waals surface area contributed by atoms with Crippen molar-refractivity contribution in [1.82, 2.24) is 0 Å². The second-order valence-corrected chi connectivity index (χ2v) is 7.09. The predicted octanol–water partition coefficient (Wildman–Crippen LogP) is 3.81. The Morgan fingerprint density at radius 1 is 1.32 bits per heavy atom. The van der Waals surface area contributed by atoms with Gasteiger partial charge in [-0.2, -0.15) is 5.26 Å². The van der Waals surface area contributed by atoms with Crippen LogP contribution in [0.1, 0.15) is 51.7 Å². The summed E-state index contributed by atoms with van der Waals surface area (Å²) in [7, 11) is 0. The van der Waals surface area contributed by atoms with Gasteiger partial charge in [0.15, 0.2) is 0 Å². The lowest BCUT2D eigenvalue weighted by molar-refractivity contribution is -0.114. The zero-order valence-electron chi connectivity index (χ0n) is 13.9. The van der Waals surface area contributed by atoms with Gasteiger partial charge in [0, 0.05) is 11.8 Å². The van der Waals surface area contributed by atoms with Crippen molar-refractivity contribution in [3.63, 3.8) is 0 Å². The Labute approximate surface area is 150 Å². The van der Waals surface area contributed by atoms with Crippen LogP contribution >= 0.6 is 11.3 Å². The number of thiophene rings is 1. The van der Waals surface area contributed by atoms with Crippen molar-refractivity contribution >= 4 is 28.2 Å². The summed E-state index contributed by atoms with van der Waals surface area (Å²) in [5.41, 5.74) is 2.79. The highest BCUT2D eigenvalue weighted by Crippen LogP contribution is 2.38. The number of nitrogens with zero attached hydrogens (tertiary/aromatic N) is 1. The molecule has 0 saturated heterocycles. The predicted molar refractivity (Wildman–Crippen MR) is 95.5 cm³/mol. The second-order valence-electron chi connectivity index (χ2n) is 5.98. The highest BCUT2D eigenvalue weighted by molar-refractivity contribution is 7.17. The Balaban J connectivity index is 1.82. The fourth-order valence-corrected chi connectivity index (χ4v) is 4.30. The van der Waals surface area contributed by atoms with E-state index in [1.165, 1.54) is 18.3 Å². The highest BCUT2D eigenvalue weighted by Gasteiger charge is 2.27. The van der Waals surface area contributed by atoms with E-state index in [4.69, 9.17) is 10.00 Å². The van der Waals surface area contributed by atoms with Gasteiger partial charge in [-0.3, -0.25) is 4.79 Å².